The van der Waals surface area contributed by atoms with Crippen molar-refractivity contribution in [2.45, 2.75) is 12.3 Å². The third kappa shape index (κ3) is 2.99. The number of nitrogens with two attached hydrogens (primary N) is 1. The van der Waals surface area contributed by atoms with Crippen molar-refractivity contribution in [2.24, 2.45) is 0 Å². The van der Waals surface area contributed by atoms with E-state index < -0.39 is 5.92 Å². The number of fused-ring (bicyclic) bond motifs is 2. The van der Waals surface area contributed by atoms with Crippen molar-refractivity contribution in [1.82, 2.24) is 9.97 Å². The molecule has 0 spiro atoms. The Morgan fingerprint density at radius 3 is 2.76 bits per heavy atom. The van der Waals surface area contributed by atoms with Crippen molar-refractivity contribution in [3.63, 3.8) is 0 Å². The molecular formula is C20H19N5O4. The first-order valence-corrected chi connectivity index (χ1v) is 9.42. The maximum Gasteiger partial charge on any atom is 0.229 e. The predicted molar refractivity (Wildman–Crippen MR) is 107 cm³/mol. The van der Waals surface area contributed by atoms with Gasteiger partial charge in [-0.05, 0) is 12.1 Å². The molecule has 0 radical (unpaired) electrons. The van der Waals surface area contributed by atoms with E-state index in [0.717, 1.165) is 0 Å². The van der Waals surface area contributed by atoms with Crippen LogP contribution in [-0.4, -0.2) is 42.2 Å². The summed E-state index contributed by atoms with van der Waals surface area (Å²) < 4.78 is 11.0. The number of rotatable bonds is 2. The fraction of sp³-hybridized carbons (Fsp3) is 0.300. The molecule has 148 valence electrons. The molecule has 0 bridgehead atoms. The molecule has 3 aromatic rings. The van der Waals surface area contributed by atoms with Crippen LogP contribution < -0.4 is 21.4 Å². The number of nitrogens with zero attached hydrogens (tertiary/aromatic N) is 3. The topological polar surface area (TPSA) is 124 Å². The number of aromatic nitrogens is 2. The van der Waals surface area contributed by atoms with Gasteiger partial charge in [0.25, 0.3) is 0 Å². The molecule has 3 N–H and O–H groups in total. The number of benzene rings is 1. The first-order chi connectivity index (χ1) is 14.1. The van der Waals surface area contributed by atoms with E-state index in [1.165, 1.54) is 6.26 Å². The van der Waals surface area contributed by atoms with E-state index in [2.05, 4.69) is 15.3 Å². The third-order valence-corrected chi connectivity index (χ3v) is 5.34. The van der Waals surface area contributed by atoms with Gasteiger partial charge in [-0.25, -0.2) is 0 Å². The molecule has 1 atom stereocenters. The number of carbonyl (C=O) groups is 1. The third-order valence-electron chi connectivity index (χ3n) is 5.34. The summed E-state index contributed by atoms with van der Waals surface area (Å²) in [5.41, 5.74) is 7.52. The minimum Gasteiger partial charge on any atom is -0.464 e. The van der Waals surface area contributed by atoms with Crippen molar-refractivity contribution in [3.05, 3.63) is 51.9 Å². The Morgan fingerprint density at radius 1 is 1.14 bits per heavy atom. The largest absolute Gasteiger partial charge is 0.464 e. The zero-order chi connectivity index (χ0) is 20.0. The fourth-order valence-electron chi connectivity index (χ4n) is 3.89. The Bertz CT molecular complexity index is 1170. The van der Waals surface area contributed by atoms with Crippen LogP contribution in [0.1, 0.15) is 23.5 Å². The van der Waals surface area contributed by atoms with E-state index in [9.17, 15) is 9.59 Å². The van der Waals surface area contributed by atoms with Gasteiger partial charge in [-0.3, -0.25) is 9.59 Å². The highest BCUT2D eigenvalue weighted by Crippen LogP contribution is 2.39. The van der Waals surface area contributed by atoms with Crippen molar-refractivity contribution < 1.29 is 13.9 Å². The van der Waals surface area contributed by atoms with E-state index in [-0.39, 0.29) is 23.6 Å². The van der Waals surface area contributed by atoms with E-state index in [0.29, 0.717) is 60.2 Å². The minimum absolute atomic E-state index is 0.0700. The van der Waals surface area contributed by atoms with Gasteiger partial charge in [0.05, 0.1) is 24.9 Å². The Balaban J connectivity index is 1.63. The number of hydrogen-bond acceptors (Lipinski definition) is 8. The minimum atomic E-state index is -0.571. The predicted octanol–water partition coefficient (Wildman–Crippen LogP) is 1.48. The van der Waals surface area contributed by atoms with Crippen LogP contribution in [0.2, 0.25) is 0 Å². The van der Waals surface area contributed by atoms with Gasteiger partial charge in [0, 0.05) is 36.6 Å². The van der Waals surface area contributed by atoms with Gasteiger partial charge in [-0.15, -0.1) is 0 Å². The number of anilines is 3. The van der Waals surface area contributed by atoms with E-state index in [4.69, 9.17) is 14.9 Å². The van der Waals surface area contributed by atoms with Crippen molar-refractivity contribution in [2.75, 3.05) is 42.3 Å². The summed E-state index contributed by atoms with van der Waals surface area (Å²) in [5, 5.41) is 3.24. The molecule has 2 aliphatic rings. The number of carbonyl (C=O) groups excluding carboxylic acids is 1. The monoisotopic (exact) mass is 393 g/mol. The van der Waals surface area contributed by atoms with Crippen LogP contribution >= 0.6 is 0 Å². The average Bonchev–Trinajstić information content (AvgIpc) is 2.74. The lowest BCUT2D eigenvalue weighted by atomic mass is 9.86. The quantitative estimate of drug-likeness (QED) is 0.671. The normalized spacial score (nSPS) is 19.1. The molecule has 5 rings (SSSR count). The van der Waals surface area contributed by atoms with Gasteiger partial charge in [0.15, 0.2) is 5.43 Å². The zero-order valence-corrected chi connectivity index (χ0v) is 15.6. The van der Waals surface area contributed by atoms with Gasteiger partial charge in [0.1, 0.15) is 17.2 Å². The first kappa shape index (κ1) is 17.6. The lowest BCUT2D eigenvalue weighted by Crippen LogP contribution is -2.38. The highest BCUT2D eigenvalue weighted by atomic mass is 16.5. The molecule has 1 aromatic carbocycles. The van der Waals surface area contributed by atoms with Crippen molar-refractivity contribution in [3.8, 4) is 0 Å². The van der Waals surface area contributed by atoms with Crippen LogP contribution in [0, 0.1) is 0 Å². The molecule has 9 nitrogen and oxygen atoms in total. The number of nitrogens with one attached hydrogen (secondary N) is 1. The van der Waals surface area contributed by atoms with Crippen LogP contribution in [0.5, 0.6) is 0 Å². The summed E-state index contributed by atoms with van der Waals surface area (Å²) in [7, 11) is 0. The number of hydrogen-bond donors (Lipinski definition) is 2. The molecule has 2 aromatic heterocycles. The SMILES string of the molecule is Nc1nc(N2CCOCC2)nc2c1C(c1coc3ccccc3c1=O)CC(=O)N2. The fourth-order valence-corrected chi connectivity index (χ4v) is 3.89. The second kappa shape index (κ2) is 6.85. The van der Waals surface area contributed by atoms with Gasteiger partial charge in [0.2, 0.25) is 11.9 Å². The van der Waals surface area contributed by atoms with Crippen LogP contribution in [0.4, 0.5) is 17.6 Å². The molecule has 2 aliphatic heterocycles. The lowest BCUT2D eigenvalue weighted by molar-refractivity contribution is -0.116. The molecule has 4 heterocycles. The number of morpholine rings is 1. The van der Waals surface area contributed by atoms with Gasteiger partial charge >= 0.3 is 0 Å². The molecule has 1 saturated heterocycles. The Morgan fingerprint density at radius 2 is 1.93 bits per heavy atom. The van der Waals surface area contributed by atoms with Gasteiger partial charge in [-0.2, -0.15) is 9.97 Å². The second-order valence-corrected chi connectivity index (χ2v) is 7.09. The van der Waals surface area contributed by atoms with Crippen LogP contribution in [0.3, 0.4) is 0 Å². The molecule has 1 fully saturated rings. The summed E-state index contributed by atoms with van der Waals surface area (Å²) in [6.07, 6.45) is 1.48. The highest BCUT2D eigenvalue weighted by Gasteiger charge is 2.34. The summed E-state index contributed by atoms with van der Waals surface area (Å²) >= 11 is 0. The summed E-state index contributed by atoms with van der Waals surface area (Å²) in [5.74, 6) is 0.220. The molecule has 9 heteroatoms. The Kier molecular flexibility index (Phi) is 4.17. The van der Waals surface area contributed by atoms with E-state index in [1.807, 2.05) is 4.90 Å². The number of amides is 1. The average molecular weight is 393 g/mol. The van der Waals surface area contributed by atoms with E-state index in [1.54, 1.807) is 24.3 Å². The standard InChI is InChI=1S/C20H19N5O4/c21-18-16-12(13-10-29-14-4-2-1-3-11(14)17(13)27)9-15(26)22-19(16)24-20(23-18)25-5-7-28-8-6-25/h1-4,10,12H,5-9H2,(H3,21,22,23,24,26). The second-order valence-electron chi connectivity index (χ2n) is 7.09. The number of para-hydroxylation sites is 1. The maximum atomic E-state index is 13.1. The molecule has 0 saturated carbocycles. The Hall–Kier alpha value is -3.46. The number of nitrogen functional groups attached to an aromatic ring is 1. The van der Waals surface area contributed by atoms with Gasteiger partial charge in [-0.1, -0.05) is 12.1 Å². The molecule has 29 heavy (non-hydrogen) atoms. The molecule has 1 unspecified atom stereocenters. The summed E-state index contributed by atoms with van der Waals surface area (Å²) in [4.78, 5) is 36.4. The van der Waals surface area contributed by atoms with Gasteiger partial charge < -0.3 is 25.1 Å². The summed E-state index contributed by atoms with van der Waals surface area (Å²) in [6.45, 7) is 2.44. The van der Waals surface area contributed by atoms with Crippen molar-refractivity contribution in [1.29, 1.82) is 0 Å². The van der Waals surface area contributed by atoms with Crippen LogP contribution in [0.25, 0.3) is 11.0 Å². The maximum absolute atomic E-state index is 13.1. The highest BCUT2D eigenvalue weighted by molar-refractivity contribution is 5.95. The molecule has 1 amide bonds. The van der Waals surface area contributed by atoms with Crippen molar-refractivity contribution >= 4 is 34.5 Å². The first-order valence-electron chi connectivity index (χ1n) is 9.42. The van der Waals surface area contributed by atoms with E-state index >= 15 is 0 Å². The summed E-state index contributed by atoms with van der Waals surface area (Å²) in [6, 6.07) is 7.01. The van der Waals surface area contributed by atoms with Crippen LogP contribution in [-0.2, 0) is 9.53 Å². The molecular weight excluding hydrogens is 374 g/mol. The van der Waals surface area contributed by atoms with Crippen LogP contribution in [0.15, 0.2) is 39.7 Å². The smallest absolute Gasteiger partial charge is 0.229 e. The molecule has 0 aliphatic carbocycles. The lowest BCUT2D eigenvalue weighted by Gasteiger charge is -2.30. The Labute approximate surface area is 165 Å². The number of ether oxygens (including phenoxy) is 1. The zero-order valence-electron chi connectivity index (χ0n) is 15.6.